The molecule has 1 heterocycles. The van der Waals surface area contributed by atoms with Crippen molar-refractivity contribution in [3.8, 4) is 22.5 Å². The molecule has 122 valence electrons. The van der Waals surface area contributed by atoms with Crippen LogP contribution in [0.15, 0.2) is 82.0 Å². The summed E-state index contributed by atoms with van der Waals surface area (Å²) in [5, 5.41) is 1.52. The Labute approximate surface area is 146 Å². The molecule has 0 radical (unpaired) electrons. The van der Waals surface area contributed by atoms with Gasteiger partial charge in [-0.15, -0.1) is 0 Å². The van der Waals surface area contributed by atoms with Gasteiger partial charge in [0.2, 0.25) is 0 Å². The molecular formula is C23H18O2. The highest BCUT2D eigenvalue weighted by Crippen LogP contribution is 2.37. The molecule has 4 aromatic rings. The Kier molecular flexibility index (Phi) is 3.73. The van der Waals surface area contributed by atoms with Gasteiger partial charge in [-0.1, -0.05) is 71.8 Å². The predicted molar refractivity (Wildman–Crippen MR) is 103 cm³/mol. The van der Waals surface area contributed by atoms with Crippen LogP contribution in [0.3, 0.4) is 0 Å². The number of aryl methyl sites for hydroxylation is 2. The minimum Gasteiger partial charge on any atom is -0.422 e. The standard InChI is InChI=1S/C23H18O2/c1-15-7-5-9-17(13-15)21-19-11-3-4-12-20(19)23(24)25-22(21)18-10-6-8-16(2)14-18/h3-14H,1-2H3. The first kappa shape index (κ1) is 15.4. The smallest absolute Gasteiger partial charge is 0.344 e. The van der Waals surface area contributed by atoms with Crippen molar-refractivity contribution in [1.82, 2.24) is 0 Å². The van der Waals surface area contributed by atoms with Crippen LogP contribution in [0.25, 0.3) is 33.2 Å². The van der Waals surface area contributed by atoms with Gasteiger partial charge in [-0.05, 0) is 31.5 Å². The Bertz CT molecular complexity index is 1140. The summed E-state index contributed by atoms with van der Waals surface area (Å²) in [5.74, 6) is 0.623. The van der Waals surface area contributed by atoms with E-state index in [4.69, 9.17) is 4.42 Å². The van der Waals surface area contributed by atoms with Crippen LogP contribution in [0.1, 0.15) is 11.1 Å². The summed E-state index contributed by atoms with van der Waals surface area (Å²) in [6.07, 6.45) is 0. The van der Waals surface area contributed by atoms with Crippen LogP contribution in [0, 0.1) is 13.8 Å². The summed E-state index contributed by atoms with van der Waals surface area (Å²) >= 11 is 0. The van der Waals surface area contributed by atoms with Crippen molar-refractivity contribution in [2.24, 2.45) is 0 Å². The fraction of sp³-hybridized carbons (Fsp3) is 0.0870. The maximum absolute atomic E-state index is 12.5. The molecule has 3 aromatic carbocycles. The normalized spacial score (nSPS) is 11.0. The first-order chi connectivity index (χ1) is 12.1. The number of hydrogen-bond acceptors (Lipinski definition) is 2. The van der Waals surface area contributed by atoms with E-state index in [0.717, 1.165) is 27.6 Å². The summed E-state index contributed by atoms with van der Waals surface area (Å²) < 4.78 is 5.80. The van der Waals surface area contributed by atoms with Gasteiger partial charge >= 0.3 is 5.63 Å². The van der Waals surface area contributed by atoms with Gasteiger partial charge in [0.05, 0.1) is 5.39 Å². The van der Waals surface area contributed by atoms with Gasteiger partial charge in [-0.25, -0.2) is 4.79 Å². The van der Waals surface area contributed by atoms with Crippen molar-refractivity contribution in [3.63, 3.8) is 0 Å². The van der Waals surface area contributed by atoms with Gasteiger partial charge in [0.15, 0.2) is 0 Å². The van der Waals surface area contributed by atoms with Gasteiger partial charge in [0.25, 0.3) is 0 Å². The largest absolute Gasteiger partial charge is 0.422 e. The van der Waals surface area contributed by atoms with E-state index in [1.165, 1.54) is 5.56 Å². The van der Waals surface area contributed by atoms with Crippen LogP contribution in [-0.2, 0) is 0 Å². The zero-order chi connectivity index (χ0) is 17.4. The van der Waals surface area contributed by atoms with Crippen molar-refractivity contribution in [2.45, 2.75) is 13.8 Å². The first-order valence-corrected chi connectivity index (χ1v) is 8.33. The summed E-state index contributed by atoms with van der Waals surface area (Å²) in [6, 6.07) is 24.0. The van der Waals surface area contributed by atoms with Crippen LogP contribution in [-0.4, -0.2) is 0 Å². The third-order valence-corrected chi connectivity index (χ3v) is 4.43. The van der Waals surface area contributed by atoms with E-state index in [9.17, 15) is 4.79 Å². The first-order valence-electron chi connectivity index (χ1n) is 8.33. The van der Waals surface area contributed by atoms with Gasteiger partial charge in [0, 0.05) is 16.5 Å². The molecule has 0 unspecified atom stereocenters. The number of rotatable bonds is 2. The molecule has 0 saturated heterocycles. The van der Waals surface area contributed by atoms with E-state index in [1.54, 1.807) is 0 Å². The summed E-state index contributed by atoms with van der Waals surface area (Å²) in [7, 11) is 0. The van der Waals surface area contributed by atoms with Crippen LogP contribution >= 0.6 is 0 Å². The third-order valence-electron chi connectivity index (χ3n) is 4.43. The number of benzene rings is 3. The number of hydrogen-bond donors (Lipinski definition) is 0. The lowest BCUT2D eigenvalue weighted by Crippen LogP contribution is -2.03. The lowest BCUT2D eigenvalue weighted by Gasteiger charge is -2.13. The maximum atomic E-state index is 12.5. The molecule has 25 heavy (non-hydrogen) atoms. The van der Waals surface area contributed by atoms with E-state index in [0.29, 0.717) is 11.1 Å². The van der Waals surface area contributed by atoms with Gasteiger partial charge in [0.1, 0.15) is 5.76 Å². The van der Waals surface area contributed by atoms with Crippen LogP contribution in [0.4, 0.5) is 0 Å². The van der Waals surface area contributed by atoms with E-state index < -0.39 is 0 Å². The third kappa shape index (κ3) is 2.76. The molecule has 0 fully saturated rings. The summed E-state index contributed by atoms with van der Waals surface area (Å²) in [5.41, 5.74) is 4.93. The Morgan fingerprint density at radius 2 is 1.28 bits per heavy atom. The Balaban J connectivity index is 2.15. The topological polar surface area (TPSA) is 30.2 Å². The van der Waals surface area contributed by atoms with Gasteiger partial charge in [-0.2, -0.15) is 0 Å². The molecular weight excluding hydrogens is 308 g/mol. The summed E-state index contributed by atoms with van der Waals surface area (Å²) in [6.45, 7) is 4.10. The van der Waals surface area contributed by atoms with Crippen molar-refractivity contribution in [3.05, 3.63) is 94.3 Å². The second-order valence-electron chi connectivity index (χ2n) is 6.38. The number of fused-ring (bicyclic) bond motifs is 1. The zero-order valence-electron chi connectivity index (χ0n) is 14.2. The SMILES string of the molecule is Cc1cccc(-c2oc(=O)c3ccccc3c2-c2cccc(C)c2)c1. The van der Waals surface area contributed by atoms with Crippen molar-refractivity contribution in [1.29, 1.82) is 0 Å². The fourth-order valence-corrected chi connectivity index (χ4v) is 3.28. The molecule has 0 aliphatic carbocycles. The maximum Gasteiger partial charge on any atom is 0.344 e. The molecule has 0 N–H and O–H groups in total. The molecule has 0 amide bonds. The monoisotopic (exact) mass is 326 g/mol. The minimum absolute atomic E-state index is 0.302. The Morgan fingerprint density at radius 3 is 1.96 bits per heavy atom. The molecule has 4 rings (SSSR count). The highest BCUT2D eigenvalue weighted by atomic mass is 16.4. The van der Waals surface area contributed by atoms with E-state index in [2.05, 4.69) is 25.1 Å². The highest BCUT2D eigenvalue weighted by Gasteiger charge is 2.17. The van der Waals surface area contributed by atoms with Crippen LogP contribution in [0.5, 0.6) is 0 Å². The second-order valence-corrected chi connectivity index (χ2v) is 6.38. The average Bonchev–Trinajstić information content (AvgIpc) is 2.61. The Morgan fingerprint density at radius 1 is 0.680 bits per heavy atom. The Hall–Kier alpha value is -3.13. The molecule has 0 bridgehead atoms. The lowest BCUT2D eigenvalue weighted by molar-refractivity contribution is 0.536. The second kappa shape index (κ2) is 6.06. The van der Waals surface area contributed by atoms with Gasteiger partial charge in [-0.3, -0.25) is 0 Å². The van der Waals surface area contributed by atoms with Crippen molar-refractivity contribution < 1.29 is 4.42 Å². The molecule has 1 aromatic heterocycles. The molecule has 2 heteroatoms. The van der Waals surface area contributed by atoms with Gasteiger partial charge < -0.3 is 4.42 Å². The molecule has 0 spiro atoms. The molecule has 2 nitrogen and oxygen atoms in total. The quantitative estimate of drug-likeness (QED) is 0.470. The molecule has 0 saturated carbocycles. The fourth-order valence-electron chi connectivity index (χ4n) is 3.28. The predicted octanol–water partition coefficient (Wildman–Crippen LogP) is 5.74. The van der Waals surface area contributed by atoms with E-state index in [1.807, 2.05) is 61.5 Å². The van der Waals surface area contributed by atoms with Crippen LogP contribution in [0.2, 0.25) is 0 Å². The average molecular weight is 326 g/mol. The lowest BCUT2D eigenvalue weighted by atomic mass is 9.94. The van der Waals surface area contributed by atoms with E-state index in [-0.39, 0.29) is 5.63 Å². The van der Waals surface area contributed by atoms with E-state index >= 15 is 0 Å². The minimum atomic E-state index is -0.302. The van der Waals surface area contributed by atoms with Crippen molar-refractivity contribution in [2.75, 3.05) is 0 Å². The molecule has 0 aliphatic rings. The highest BCUT2D eigenvalue weighted by molar-refractivity contribution is 6.01. The summed E-state index contributed by atoms with van der Waals surface area (Å²) in [4.78, 5) is 12.5. The van der Waals surface area contributed by atoms with Crippen LogP contribution < -0.4 is 5.63 Å². The van der Waals surface area contributed by atoms with Crippen molar-refractivity contribution >= 4 is 10.8 Å². The molecule has 0 atom stereocenters. The molecule has 0 aliphatic heterocycles. The zero-order valence-corrected chi connectivity index (χ0v) is 14.2.